The zero-order valence-corrected chi connectivity index (χ0v) is 19.9. The second kappa shape index (κ2) is 10.2. The van der Waals surface area contributed by atoms with E-state index in [0.29, 0.717) is 6.42 Å². The highest BCUT2D eigenvalue weighted by atomic mass is 32.2. The molecule has 0 aromatic heterocycles. The maximum absolute atomic E-state index is 13.2. The minimum absolute atomic E-state index is 0.00632. The molecular weight excluding hydrogens is 442 g/mol. The molecule has 1 aliphatic rings. The Hall–Kier alpha value is -3.20. The summed E-state index contributed by atoms with van der Waals surface area (Å²) in [4.78, 5) is 39.8. The van der Waals surface area contributed by atoms with Gasteiger partial charge in [-0.05, 0) is 43.0 Å². The number of aryl methyl sites for hydroxylation is 1. The SMILES string of the molecule is CC[C@@H](C(=O)NC)N(Cc1ccccc1C)C(=O)CCCN1C(=O)c2ccccc2S1(=O)=O. The van der Waals surface area contributed by atoms with E-state index in [9.17, 15) is 22.8 Å². The van der Waals surface area contributed by atoms with Crippen LogP contribution < -0.4 is 5.32 Å². The fourth-order valence-corrected chi connectivity index (χ4v) is 5.63. The van der Waals surface area contributed by atoms with Gasteiger partial charge in [0.2, 0.25) is 11.8 Å². The topological polar surface area (TPSA) is 104 Å². The molecule has 0 aliphatic carbocycles. The van der Waals surface area contributed by atoms with Crippen LogP contribution in [0.15, 0.2) is 53.4 Å². The first-order valence-electron chi connectivity index (χ1n) is 10.9. The van der Waals surface area contributed by atoms with Gasteiger partial charge in [-0.25, -0.2) is 12.7 Å². The van der Waals surface area contributed by atoms with E-state index in [2.05, 4.69) is 5.32 Å². The second-order valence-electron chi connectivity index (χ2n) is 7.97. The highest BCUT2D eigenvalue weighted by Gasteiger charge is 2.40. The Morgan fingerprint density at radius 2 is 1.76 bits per heavy atom. The molecule has 1 aliphatic heterocycles. The van der Waals surface area contributed by atoms with Crippen molar-refractivity contribution in [2.75, 3.05) is 13.6 Å². The molecule has 176 valence electrons. The van der Waals surface area contributed by atoms with Crippen LogP contribution in [-0.4, -0.2) is 55.0 Å². The van der Waals surface area contributed by atoms with E-state index in [0.717, 1.165) is 15.4 Å². The molecule has 33 heavy (non-hydrogen) atoms. The van der Waals surface area contributed by atoms with Crippen LogP contribution in [0.1, 0.15) is 47.7 Å². The van der Waals surface area contributed by atoms with Gasteiger partial charge in [0.15, 0.2) is 0 Å². The largest absolute Gasteiger partial charge is 0.357 e. The molecule has 8 nitrogen and oxygen atoms in total. The predicted octanol–water partition coefficient (Wildman–Crippen LogP) is 2.47. The summed E-state index contributed by atoms with van der Waals surface area (Å²) in [5.74, 6) is -1.10. The Bertz CT molecular complexity index is 1160. The number of amides is 3. The standard InChI is InChI=1S/C24H29N3O5S/c1-4-20(23(29)25-3)26(16-18-11-6-5-10-17(18)2)22(28)14-9-15-27-24(30)19-12-7-8-13-21(19)33(27,31)32/h5-8,10-13,20H,4,9,14-16H2,1-3H3,(H,25,29)/t20-/m0/s1. The number of nitrogens with one attached hydrogen (secondary N) is 1. The summed E-state index contributed by atoms with van der Waals surface area (Å²) in [7, 11) is -2.38. The van der Waals surface area contributed by atoms with Gasteiger partial charge >= 0.3 is 0 Å². The molecule has 0 unspecified atom stereocenters. The lowest BCUT2D eigenvalue weighted by atomic mass is 10.1. The van der Waals surface area contributed by atoms with Crippen LogP contribution in [0.25, 0.3) is 0 Å². The molecule has 3 amide bonds. The van der Waals surface area contributed by atoms with E-state index in [1.54, 1.807) is 12.1 Å². The average molecular weight is 472 g/mol. The molecule has 0 saturated heterocycles. The molecule has 9 heteroatoms. The van der Waals surface area contributed by atoms with Gasteiger partial charge in [0, 0.05) is 26.6 Å². The van der Waals surface area contributed by atoms with Gasteiger partial charge in [0.1, 0.15) is 10.9 Å². The third-order valence-electron chi connectivity index (χ3n) is 5.90. The third-order valence-corrected chi connectivity index (χ3v) is 7.74. The third kappa shape index (κ3) is 4.93. The summed E-state index contributed by atoms with van der Waals surface area (Å²) < 4.78 is 26.3. The summed E-state index contributed by atoms with van der Waals surface area (Å²) in [6.07, 6.45) is 0.604. The van der Waals surface area contributed by atoms with Crippen molar-refractivity contribution in [3.8, 4) is 0 Å². The molecule has 0 radical (unpaired) electrons. The zero-order valence-electron chi connectivity index (χ0n) is 19.1. The lowest BCUT2D eigenvalue weighted by Gasteiger charge is -2.31. The first-order chi connectivity index (χ1) is 15.7. The van der Waals surface area contributed by atoms with Gasteiger partial charge in [-0.2, -0.15) is 0 Å². The molecule has 1 atom stereocenters. The normalized spacial score (nSPS) is 15.1. The van der Waals surface area contributed by atoms with Crippen LogP contribution in [0.4, 0.5) is 0 Å². The van der Waals surface area contributed by atoms with E-state index in [-0.39, 0.29) is 48.2 Å². The van der Waals surface area contributed by atoms with Gasteiger partial charge in [-0.1, -0.05) is 43.3 Å². The summed E-state index contributed by atoms with van der Waals surface area (Å²) in [5, 5.41) is 2.61. The van der Waals surface area contributed by atoms with Gasteiger partial charge < -0.3 is 10.2 Å². The molecule has 2 aromatic rings. The Morgan fingerprint density at radius 3 is 2.39 bits per heavy atom. The van der Waals surface area contributed by atoms with Crippen molar-refractivity contribution >= 4 is 27.7 Å². The van der Waals surface area contributed by atoms with Crippen molar-refractivity contribution in [1.82, 2.24) is 14.5 Å². The maximum Gasteiger partial charge on any atom is 0.269 e. The number of sulfonamides is 1. The van der Waals surface area contributed by atoms with Crippen molar-refractivity contribution in [3.05, 3.63) is 65.2 Å². The number of nitrogens with zero attached hydrogens (tertiary/aromatic N) is 2. The van der Waals surface area contributed by atoms with Crippen LogP contribution in [-0.2, 0) is 26.2 Å². The van der Waals surface area contributed by atoms with Crippen LogP contribution >= 0.6 is 0 Å². The summed E-state index contributed by atoms with van der Waals surface area (Å²) in [6.45, 7) is 3.95. The number of benzene rings is 2. The number of likely N-dealkylation sites (N-methyl/N-ethyl adjacent to an activating group) is 1. The van der Waals surface area contributed by atoms with Crippen LogP contribution in [0.5, 0.6) is 0 Å². The fraction of sp³-hybridized carbons (Fsp3) is 0.375. The minimum Gasteiger partial charge on any atom is -0.357 e. The number of carbonyl (C=O) groups is 3. The van der Waals surface area contributed by atoms with Crippen molar-refractivity contribution in [2.24, 2.45) is 0 Å². The first kappa shape index (κ1) is 24.4. The number of fused-ring (bicyclic) bond motifs is 1. The number of rotatable bonds is 9. The smallest absolute Gasteiger partial charge is 0.269 e. The maximum atomic E-state index is 13.2. The minimum atomic E-state index is -3.91. The zero-order chi connectivity index (χ0) is 24.2. The van der Waals surface area contributed by atoms with Crippen molar-refractivity contribution in [3.63, 3.8) is 0 Å². The Labute approximate surface area is 194 Å². The predicted molar refractivity (Wildman–Crippen MR) is 124 cm³/mol. The molecular formula is C24H29N3O5S. The van der Waals surface area contributed by atoms with Gasteiger partial charge in [0.05, 0.1) is 5.56 Å². The molecule has 1 heterocycles. The molecule has 0 spiro atoms. The van der Waals surface area contributed by atoms with Crippen molar-refractivity contribution in [2.45, 2.75) is 50.6 Å². The van der Waals surface area contributed by atoms with Gasteiger partial charge in [-0.3, -0.25) is 14.4 Å². The Balaban J connectivity index is 1.74. The number of hydrogen-bond donors (Lipinski definition) is 1. The van der Waals surface area contributed by atoms with E-state index in [4.69, 9.17) is 0 Å². The van der Waals surface area contributed by atoms with E-state index < -0.39 is 22.0 Å². The summed E-state index contributed by atoms with van der Waals surface area (Å²) >= 11 is 0. The monoisotopic (exact) mass is 471 g/mol. The first-order valence-corrected chi connectivity index (χ1v) is 12.4. The Morgan fingerprint density at radius 1 is 1.09 bits per heavy atom. The fourth-order valence-electron chi connectivity index (χ4n) is 4.03. The number of hydrogen-bond acceptors (Lipinski definition) is 5. The van der Waals surface area contributed by atoms with Gasteiger partial charge in [-0.15, -0.1) is 0 Å². The van der Waals surface area contributed by atoms with E-state index in [1.807, 2.05) is 38.1 Å². The molecule has 0 saturated carbocycles. The molecule has 2 aromatic carbocycles. The quantitative estimate of drug-likeness (QED) is 0.605. The van der Waals surface area contributed by atoms with Gasteiger partial charge in [0.25, 0.3) is 15.9 Å². The highest BCUT2D eigenvalue weighted by Crippen LogP contribution is 2.30. The molecule has 3 rings (SSSR count). The van der Waals surface area contributed by atoms with Crippen LogP contribution in [0, 0.1) is 6.92 Å². The molecule has 0 bridgehead atoms. The lowest BCUT2D eigenvalue weighted by Crippen LogP contribution is -2.48. The average Bonchev–Trinajstić information content (AvgIpc) is 3.00. The Kier molecular flexibility index (Phi) is 7.53. The summed E-state index contributed by atoms with van der Waals surface area (Å²) in [5.41, 5.74) is 2.09. The van der Waals surface area contributed by atoms with Crippen molar-refractivity contribution < 1.29 is 22.8 Å². The number of carbonyl (C=O) groups excluding carboxylic acids is 3. The summed E-state index contributed by atoms with van der Waals surface area (Å²) in [6, 6.07) is 13.1. The highest BCUT2D eigenvalue weighted by molar-refractivity contribution is 7.90. The van der Waals surface area contributed by atoms with Crippen molar-refractivity contribution in [1.29, 1.82) is 0 Å². The molecule has 0 fully saturated rings. The van der Waals surface area contributed by atoms with Crippen LogP contribution in [0.2, 0.25) is 0 Å². The van der Waals surface area contributed by atoms with E-state index in [1.165, 1.54) is 24.1 Å². The molecule has 1 N–H and O–H groups in total. The lowest BCUT2D eigenvalue weighted by molar-refractivity contribution is -0.141. The van der Waals surface area contributed by atoms with Crippen LogP contribution in [0.3, 0.4) is 0 Å². The second-order valence-corrected chi connectivity index (χ2v) is 9.80. The van der Waals surface area contributed by atoms with E-state index >= 15 is 0 Å².